The predicted octanol–water partition coefficient (Wildman–Crippen LogP) is 3.62. The Morgan fingerprint density at radius 3 is 2.61 bits per heavy atom. The molecule has 1 fully saturated rings. The van der Waals surface area contributed by atoms with Gasteiger partial charge < -0.3 is 19.9 Å². The molecule has 0 bridgehead atoms. The van der Waals surface area contributed by atoms with E-state index in [2.05, 4.69) is 69.6 Å². The first-order valence-electron chi connectivity index (χ1n) is 10.1. The molecule has 1 aliphatic rings. The van der Waals surface area contributed by atoms with Gasteiger partial charge in [0.25, 0.3) is 0 Å². The lowest BCUT2D eigenvalue weighted by molar-refractivity contribution is 0.340. The Kier molecular flexibility index (Phi) is 7.18. The Morgan fingerprint density at radius 1 is 1.18 bits per heavy atom. The van der Waals surface area contributed by atoms with Crippen LogP contribution in [-0.4, -0.2) is 51.2 Å². The highest BCUT2D eigenvalue weighted by Gasteiger charge is 2.23. The summed E-state index contributed by atoms with van der Waals surface area (Å²) in [6.45, 7) is 6.67. The zero-order chi connectivity index (χ0) is 19.8. The van der Waals surface area contributed by atoms with Gasteiger partial charge in [-0.1, -0.05) is 30.3 Å². The maximum atomic E-state index is 5.52. The fourth-order valence-electron chi connectivity index (χ4n) is 3.70. The van der Waals surface area contributed by atoms with Crippen LogP contribution in [0.2, 0.25) is 0 Å². The van der Waals surface area contributed by atoms with E-state index in [4.69, 9.17) is 4.74 Å². The summed E-state index contributed by atoms with van der Waals surface area (Å²) in [5, 5.41) is 3.56. The zero-order valence-electron chi connectivity index (χ0n) is 17.3. The molecule has 0 aromatic heterocycles. The number of nitrogens with one attached hydrogen (secondary N) is 1. The summed E-state index contributed by atoms with van der Waals surface area (Å²) in [4.78, 5) is 9.10. The minimum atomic E-state index is 0.635. The molecule has 1 unspecified atom stereocenters. The van der Waals surface area contributed by atoms with E-state index in [1.807, 2.05) is 26.1 Å². The van der Waals surface area contributed by atoms with Crippen molar-refractivity contribution in [3.05, 3.63) is 60.2 Å². The van der Waals surface area contributed by atoms with E-state index in [-0.39, 0.29) is 0 Å². The fourth-order valence-corrected chi connectivity index (χ4v) is 3.70. The largest absolute Gasteiger partial charge is 0.494 e. The second-order valence-corrected chi connectivity index (χ2v) is 7.30. The lowest BCUT2D eigenvalue weighted by Crippen LogP contribution is -2.41. The lowest BCUT2D eigenvalue weighted by atomic mass is 10.1. The third-order valence-corrected chi connectivity index (χ3v) is 5.18. The van der Waals surface area contributed by atoms with Gasteiger partial charge in [0.05, 0.1) is 6.61 Å². The molecule has 0 aliphatic carbocycles. The predicted molar refractivity (Wildman–Crippen MR) is 117 cm³/mol. The molecular weight excluding hydrogens is 348 g/mol. The molecule has 0 amide bonds. The van der Waals surface area contributed by atoms with E-state index in [0.717, 1.165) is 37.9 Å². The van der Waals surface area contributed by atoms with Gasteiger partial charge in [-0.05, 0) is 49.1 Å². The molecule has 0 saturated carbocycles. The molecule has 5 nitrogen and oxygen atoms in total. The summed E-state index contributed by atoms with van der Waals surface area (Å²) >= 11 is 0. The molecule has 5 heteroatoms. The van der Waals surface area contributed by atoms with Crippen molar-refractivity contribution in [2.75, 3.05) is 45.2 Å². The monoisotopic (exact) mass is 380 g/mol. The van der Waals surface area contributed by atoms with Crippen molar-refractivity contribution in [3.63, 3.8) is 0 Å². The van der Waals surface area contributed by atoms with Crippen LogP contribution in [0.1, 0.15) is 18.9 Å². The Balaban J connectivity index is 1.47. The maximum absolute atomic E-state index is 5.52. The van der Waals surface area contributed by atoms with Crippen LogP contribution in [0.5, 0.6) is 5.75 Å². The second kappa shape index (κ2) is 10.0. The van der Waals surface area contributed by atoms with Crippen molar-refractivity contribution in [2.24, 2.45) is 10.9 Å². The molecule has 3 rings (SSSR count). The fraction of sp³-hybridized carbons (Fsp3) is 0.435. The molecule has 1 N–H and O–H groups in total. The van der Waals surface area contributed by atoms with Crippen LogP contribution < -0.4 is 15.0 Å². The second-order valence-electron chi connectivity index (χ2n) is 7.30. The van der Waals surface area contributed by atoms with Crippen LogP contribution in [0.25, 0.3) is 0 Å². The van der Waals surface area contributed by atoms with Crippen LogP contribution >= 0.6 is 0 Å². The number of hydrogen-bond acceptors (Lipinski definition) is 3. The van der Waals surface area contributed by atoms with E-state index in [1.54, 1.807) is 0 Å². The van der Waals surface area contributed by atoms with E-state index in [9.17, 15) is 0 Å². The number of guanidine groups is 1. The Bertz CT molecular complexity index is 745. The third-order valence-electron chi connectivity index (χ3n) is 5.18. The Morgan fingerprint density at radius 2 is 1.93 bits per heavy atom. The minimum absolute atomic E-state index is 0.635. The van der Waals surface area contributed by atoms with E-state index >= 15 is 0 Å². The smallest absolute Gasteiger partial charge is 0.193 e. The summed E-state index contributed by atoms with van der Waals surface area (Å²) < 4.78 is 5.52. The van der Waals surface area contributed by atoms with Gasteiger partial charge in [-0.15, -0.1) is 0 Å². The highest BCUT2D eigenvalue weighted by Crippen LogP contribution is 2.23. The number of benzene rings is 2. The van der Waals surface area contributed by atoms with Gasteiger partial charge in [-0.2, -0.15) is 0 Å². The summed E-state index contributed by atoms with van der Waals surface area (Å²) in [5.41, 5.74) is 2.56. The van der Waals surface area contributed by atoms with Crippen LogP contribution in [0, 0.1) is 5.92 Å². The van der Waals surface area contributed by atoms with E-state index < -0.39 is 0 Å². The average molecular weight is 381 g/mol. The molecule has 150 valence electrons. The van der Waals surface area contributed by atoms with Crippen LogP contribution in [0.15, 0.2) is 59.6 Å². The van der Waals surface area contributed by atoms with Crippen molar-refractivity contribution in [2.45, 2.75) is 19.9 Å². The number of para-hydroxylation sites is 1. The molecule has 28 heavy (non-hydrogen) atoms. The zero-order valence-corrected chi connectivity index (χ0v) is 17.3. The topological polar surface area (TPSA) is 40.1 Å². The standard InChI is InChI=1S/C23H32N4O/c1-4-28-22-12-10-19(11-13-22)17-26(3)23(24-2)25-16-20-14-15-27(18-20)21-8-6-5-7-9-21/h5-13,20H,4,14-18H2,1-3H3,(H,24,25). The molecule has 1 aliphatic heterocycles. The van der Waals surface area contributed by atoms with Crippen LogP contribution in [-0.2, 0) is 6.54 Å². The van der Waals surface area contributed by atoms with Gasteiger partial charge in [0.15, 0.2) is 5.96 Å². The first-order valence-corrected chi connectivity index (χ1v) is 10.1. The van der Waals surface area contributed by atoms with Crippen molar-refractivity contribution >= 4 is 11.6 Å². The van der Waals surface area contributed by atoms with Gasteiger partial charge in [0.1, 0.15) is 5.75 Å². The van der Waals surface area contributed by atoms with Gasteiger partial charge in [-0.3, -0.25) is 4.99 Å². The first-order chi connectivity index (χ1) is 13.7. The van der Waals surface area contributed by atoms with Crippen molar-refractivity contribution in [3.8, 4) is 5.75 Å². The SMILES string of the molecule is CCOc1ccc(CN(C)C(=NC)NCC2CCN(c3ccccc3)C2)cc1. The van der Waals surface area contributed by atoms with Gasteiger partial charge in [0, 0.05) is 46.0 Å². The third kappa shape index (κ3) is 5.41. The Hall–Kier alpha value is -2.69. The van der Waals surface area contributed by atoms with Crippen molar-refractivity contribution < 1.29 is 4.74 Å². The Labute approximate surface area is 169 Å². The average Bonchev–Trinajstić information content (AvgIpc) is 3.20. The normalized spacial score (nSPS) is 16.9. The molecule has 1 heterocycles. The summed E-state index contributed by atoms with van der Waals surface area (Å²) in [6.07, 6.45) is 1.21. The summed E-state index contributed by atoms with van der Waals surface area (Å²) in [6, 6.07) is 19.0. The number of nitrogens with zero attached hydrogens (tertiary/aromatic N) is 3. The van der Waals surface area contributed by atoms with Gasteiger partial charge >= 0.3 is 0 Å². The molecule has 1 saturated heterocycles. The highest BCUT2D eigenvalue weighted by atomic mass is 16.5. The number of hydrogen-bond donors (Lipinski definition) is 1. The van der Waals surface area contributed by atoms with Gasteiger partial charge in [0.2, 0.25) is 0 Å². The number of rotatable bonds is 7. The number of ether oxygens (including phenoxy) is 1. The lowest BCUT2D eigenvalue weighted by Gasteiger charge is -2.24. The first kappa shape index (κ1) is 20.1. The molecule has 2 aromatic rings. The van der Waals surface area contributed by atoms with Crippen LogP contribution in [0.4, 0.5) is 5.69 Å². The van der Waals surface area contributed by atoms with Gasteiger partial charge in [-0.25, -0.2) is 0 Å². The van der Waals surface area contributed by atoms with Crippen LogP contribution in [0.3, 0.4) is 0 Å². The minimum Gasteiger partial charge on any atom is -0.494 e. The van der Waals surface area contributed by atoms with E-state index in [1.165, 1.54) is 17.7 Å². The highest BCUT2D eigenvalue weighted by molar-refractivity contribution is 5.79. The van der Waals surface area contributed by atoms with E-state index in [0.29, 0.717) is 12.5 Å². The molecule has 1 atom stereocenters. The molecular formula is C23H32N4O. The van der Waals surface area contributed by atoms with Crippen molar-refractivity contribution in [1.82, 2.24) is 10.2 Å². The number of aliphatic imine (C=N–C) groups is 1. The quantitative estimate of drug-likeness (QED) is 0.588. The molecule has 0 spiro atoms. The summed E-state index contributed by atoms with van der Waals surface area (Å²) in [7, 11) is 3.93. The molecule has 0 radical (unpaired) electrons. The number of anilines is 1. The summed E-state index contributed by atoms with van der Waals surface area (Å²) in [5.74, 6) is 2.49. The molecule has 2 aromatic carbocycles. The van der Waals surface area contributed by atoms with Crippen molar-refractivity contribution in [1.29, 1.82) is 0 Å². The maximum Gasteiger partial charge on any atom is 0.193 e.